The van der Waals surface area contributed by atoms with Gasteiger partial charge in [-0.25, -0.2) is 8.42 Å². The van der Waals surface area contributed by atoms with Crippen molar-refractivity contribution in [3.8, 4) is 0 Å². The number of Topliss-reactive ketones (excluding diaryl/α,β-unsaturated/α-hetero) is 1. The summed E-state index contributed by atoms with van der Waals surface area (Å²) in [6.07, 6.45) is 6.98. The van der Waals surface area contributed by atoms with Crippen LogP contribution in [0, 0.1) is 41.0 Å². The number of halogens is 3. The van der Waals surface area contributed by atoms with Gasteiger partial charge in [-0.3, -0.25) is 4.79 Å². The zero-order chi connectivity index (χ0) is 20.9. The average molecular weight is 584 g/mol. The molecule has 0 atom stereocenters. The Hall–Kier alpha value is -1.15. The molecular weight excluding hydrogens is 561 g/mol. The van der Waals surface area contributed by atoms with Gasteiger partial charge in [0.25, 0.3) is 0 Å². The minimum absolute atomic E-state index is 0. The zero-order valence-corrected chi connectivity index (χ0v) is 19.0. The molecule has 1 aromatic rings. The van der Waals surface area contributed by atoms with Gasteiger partial charge in [0.1, 0.15) is 0 Å². The molecule has 1 aromatic carbocycles. The van der Waals surface area contributed by atoms with E-state index in [4.69, 9.17) is 13.0 Å². The van der Waals surface area contributed by atoms with E-state index in [0.29, 0.717) is 0 Å². The van der Waals surface area contributed by atoms with E-state index in [2.05, 4.69) is 34.6 Å². The molecule has 1 aliphatic rings. The topological polar surface area (TPSA) is 74.3 Å². The van der Waals surface area contributed by atoms with Gasteiger partial charge >= 0.3 is 5.51 Å². The van der Waals surface area contributed by atoms with Crippen LogP contribution >= 0.6 is 0 Å². The summed E-state index contributed by atoms with van der Waals surface area (Å²) in [5, 5.41) is 0. The average Bonchev–Trinajstić information content (AvgIpc) is 2.68. The van der Waals surface area contributed by atoms with Crippen molar-refractivity contribution in [1.29, 1.82) is 0 Å². The van der Waals surface area contributed by atoms with Crippen LogP contribution in [0.25, 0.3) is 0 Å². The van der Waals surface area contributed by atoms with Crippen LogP contribution in [-0.4, -0.2) is 24.3 Å². The van der Waals surface area contributed by atoms with Gasteiger partial charge in [0.2, 0.25) is 0 Å². The van der Waals surface area contributed by atoms with E-state index in [0.717, 1.165) is 5.57 Å². The molecule has 156 valence electrons. The number of hydrogen-bond donors (Lipinski definition) is 0. The molecule has 0 bridgehead atoms. The maximum Gasteiger partial charge on any atom is 0.485 e. The summed E-state index contributed by atoms with van der Waals surface area (Å²) < 4.78 is 58.9. The third-order valence-corrected chi connectivity index (χ3v) is 4.76. The van der Waals surface area contributed by atoms with Crippen LogP contribution in [0.5, 0.6) is 0 Å². The molecule has 0 saturated carbocycles. The van der Waals surface area contributed by atoms with Crippen LogP contribution in [0.3, 0.4) is 0 Å². The molecular formula is C18H22F3IrO4S-2. The van der Waals surface area contributed by atoms with E-state index in [1.54, 1.807) is 12.5 Å². The Kier molecular flexibility index (Phi) is 11.4. The standard InChI is InChI=1S/C10H15.C7H7O.CHF3O3S.Ir/c1-6-7(2)9(4)10(5)8(6)3;1-6-4-2-3-5-7(6)8;2-1(3,4)8(5,6)7;/h1-5H3;2-5H,1H3;(H,5,6,7);/q-1;;;/p-1. The van der Waals surface area contributed by atoms with Gasteiger partial charge in [-0.15, -0.1) is 0 Å². The minimum Gasteiger partial charge on any atom is -0.741 e. The summed E-state index contributed by atoms with van der Waals surface area (Å²) in [5.74, 6) is 0.118. The summed E-state index contributed by atoms with van der Waals surface area (Å²) in [4.78, 5) is 10.6. The predicted octanol–water partition coefficient (Wildman–Crippen LogP) is 4.27. The van der Waals surface area contributed by atoms with Gasteiger partial charge in [-0.05, 0) is 12.5 Å². The van der Waals surface area contributed by atoms with E-state index >= 15 is 0 Å². The molecule has 0 heterocycles. The third-order valence-electron chi connectivity index (χ3n) is 4.19. The number of carbonyl (C=O) groups excluding carboxylic acids is 1. The molecule has 0 fully saturated rings. The van der Waals surface area contributed by atoms with Crippen molar-refractivity contribution >= 4 is 15.9 Å². The summed E-state index contributed by atoms with van der Waals surface area (Å²) in [6.45, 7) is 12.8. The molecule has 0 saturated heterocycles. The fraction of sp³-hybridized carbons (Fsp3) is 0.389. The summed E-state index contributed by atoms with van der Waals surface area (Å²) >= 11 is 0. The van der Waals surface area contributed by atoms with Crippen LogP contribution in [-0.2, 0) is 35.0 Å². The molecule has 2 rings (SSSR count). The predicted molar refractivity (Wildman–Crippen MR) is 93.7 cm³/mol. The van der Waals surface area contributed by atoms with Crippen molar-refractivity contribution < 1.29 is 51.0 Å². The molecule has 0 N–H and O–H groups in total. The van der Waals surface area contributed by atoms with Crippen molar-refractivity contribution in [1.82, 2.24) is 0 Å². The molecule has 0 spiro atoms. The number of alkyl halides is 3. The Bertz CT molecular complexity index is 736. The molecule has 0 unspecified atom stereocenters. The Morgan fingerprint density at radius 1 is 0.963 bits per heavy atom. The first-order chi connectivity index (χ1) is 11.6. The van der Waals surface area contributed by atoms with E-state index in [9.17, 15) is 18.0 Å². The van der Waals surface area contributed by atoms with Crippen molar-refractivity contribution in [2.24, 2.45) is 0 Å². The van der Waals surface area contributed by atoms with Gasteiger partial charge in [-0.2, -0.15) is 41.0 Å². The van der Waals surface area contributed by atoms with E-state index < -0.39 is 15.6 Å². The third kappa shape index (κ3) is 8.60. The first-order valence-electron chi connectivity index (χ1n) is 7.55. The van der Waals surface area contributed by atoms with E-state index in [-0.39, 0.29) is 25.9 Å². The van der Waals surface area contributed by atoms with Crippen LogP contribution in [0.2, 0.25) is 0 Å². The molecule has 4 nitrogen and oxygen atoms in total. The van der Waals surface area contributed by atoms with Gasteiger partial charge in [0, 0.05) is 20.1 Å². The van der Waals surface area contributed by atoms with Crippen LogP contribution in [0.4, 0.5) is 13.2 Å². The summed E-state index contributed by atoms with van der Waals surface area (Å²) in [5.41, 5.74) is 2.50. The second-order valence-corrected chi connectivity index (χ2v) is 7.16. The molecule has 27 heavy (non-hydrogen) atoms. The van der Waals surface area contributed by atoms with Crippen LogP contribution in [0.1, 0.15) is 34.7 Å². The Balaban J connectivity index is 0. The quantitative estimate of drug-likeness (QED) is 0.260. The Labute approximate surface area is 172 Å². The van der Waals surface area contributed by atoms with E-state index in [1.807, 2.05) is 19.1 Å². The first kappa shape index (κ1) is 28.1. The van der Waals surface area contributed by atoms with Gasteiger partial charge in [0.05, 0.1) is 6.42 Å². The second kappa shape index (κ2) is 11.0. The van der Waals surface area contributed by atoms with Gasteiger partial charge < -0.3 is 4.55 Å². The molecule has 1 aliphatic carbocycles. The fourth-order valence-electron chi connectivity index (χ4n) is 1.96. The monoisotopic (exact) mass is 584 g/mol. The number of rotatable bonds is 0. The van der Waals surface area contributed by atoms with Crippen LogP contribution < -0.4 is 0 Å². The van der Waals surface area contributed by atoms with Gasteiger partial charge in [0.15, 0.2) is 15.9 Å². The number of hydrogen-bond acceptors (Lipinski definition) is 4. The Morgan fingerprint density at radius 2 is 1.33 bits per heavy atom. The maximum atomic E-state index is 10.7. The maximum absolute atomic E-state index is 10.7. The second-order valence-electron chi connectivity index (χ2n) is 5.79. The summed E-state index contributed by atoms with van der Waals surface area (Å²) in [7, 11) is -6.09. The zero-order valence-electron chi connectivity index (χ0n) is 15.8. The first-order valence-corrected chi connectivity index (χ1v) is 8.96. The minimum atomic E-state index is -6.09. The SMILES string of the molecule is CC1=CC=C[CH]C1=O.Cc1c(C)c(C)[c-](C)c1C.O=S(=O)([O-])C(F)(F)F.[Ir]. The van der Waals surface area contributed by atoms with Gasteiger partial charge in [-0.1, -0.05) is 52.8 Å². The Morgan fingerprint density at radius 3 is 1.48 bits per heavy atom. The van der Waals surface area contributed by atoms with E-state index in [1.165, 1.54) is 27.8 Å². The molecule has 0 amide bonds. The van der Waals surface area contributed by atoms with Crippen molar-refractivity contribution in [2.45, 2.75) is 47.1 Å². The summed E-state index contributed by atoms with van der Waals surface area (Å²) in [6, 6.07) is 0. The fourth-order valence-corrected chi connectivity index (χ4v) is 1.96. The molecule has 9 heteroatoms. The number of allylic oxidation sites excluding steroid dienone is 4. The van der Waals surface area contributed by atoms with Crippen molar-refractivity contribution in [3.63, 3.8) is 0 Å². The molecule has 0 aliphatic heterocycles. The normalized spacial score (nSPS) is 13.6. The van der Waals surface area contributed by atoms with Crippen molar-refractivity contribution in [3.05, 3.63) is 58.0 Å². The number of ketones is 1. The smallest absolute Gasteiger partial charge is 0.485 e. The van der Waals surface area contributed by atoms with Crippen molar-refractivity contribution in [2.75, 3.05) is 0 Å². The number of carbonyl (C=O) groups is 1. The molecule has 0 aromatic heterocycles. The largest absolute Gasteiger partial charge is 0.741 e. The molecule has 2 radical (unpaired) electrons. The van der Waals surface area contributed by atoms with Crippen LogP contribution in [0.15, 0.2) is 23.8 Å².